The number of hydrogen-bond donors (Lipinski definition) is 2. The summed E-state index contributed by atoms with van der Waals surface area (Å²) in [5, 5.41) is 19.3. The van der Waals surface area contributed by atoms with Crippen molar-refractivity contribution in [3.05, 3.63) is 48.9 Å². The van der Waals surface area contributed by atoms with Gasteiger partial charge in [0.15, 0.2) is 0 Å². The van der Waals surface area contributed by atoms with Gasteiger partial charge >= 0.3 is 11.9 Å². The van der Waals surface area contributed by atoms with Gasteiger partial charge in [0.05, 0.1) is 15.2 Å². The number of nitrogens with zero attached hydrogens (tertiary/aromatic N) is 3. The second kappa shape index (κ2) is 12.2. The minimum atomic E-state index is -1.28. The average Bonchev–Trinajstić information content (AvgIpc) is 3.48. The van der Waals surface area contributed by atoms with Crippen LogP contribution in [0.2, 0.25) is 0 Å². The van der Waals surface area contributed by atoms with Crippen molar-refractivity contribution in [3.63, 3.8) is 0 Å². The van der Waals surface area contributed by atoms with Crippen molar-refractivity contribution in [3.8, 4) is 5.75 Å². The molecule has 2 aromatic rings. The van der Waals surface area contributed by atoms with E-state index in [1.54, 1.807) is 24.3 Å². The van der Waals surface area contributed by atoms with Gasteiger partial charge in [-0.05, 0) is 30.7 Å². The minimum Gasteiger partial charge on any atom is -0.480 e. The number of carboxylic acid groups (broad SMARTS) is 2. The van der Waals surface area contributed by atoms with Gasteiger partial charge in [-0.2, -0.15) is 0 Å². The zero-order valence-electron chi connectivity index (χ0n) is 20.3. The Morgan fingerprint density at radius 1 is 1.08 bits per heavy atom. The number of thiazole rings is 1. The number of thiocarbonyl (C=S) groups is 1. The molecule has 2 aliphatic rings. The van der Waals surface area contributed by atoms with E-state index in [-0.39, 0.29) is 18.4 Å². The average molecular weight is 608 g/mol. The van der Waals surface area contributed by atoms with E-state index in [9.17, 15) is 29.1 Å². The highest BCUT2D eigenvalue weighted by atomic mass is 32.2. The van der Waals surface area contributed by atoms with Gasteiger partial charge in [-0.15, -0.1) is 11.3 Å². The molecule has 0 atom stereocenters. The maximum Gasteiger partial charge on any atom is 0.323 e. The number of anilines is 1. The van der Waals surface area contributed by atoms with Crippen molar-refractivity contribution >= 4 is 92.4 Å². The van der Waals surface area contributed by atoms with Crippen LogP contribution in [0.25, 0.3) is 11.0 Å². The Bertz CT molecular complexity index is 1590. The predicted octanol–water partition coefficient (Wildman–Crippen LogP) is 1.62. The molecular formula is C24H21N3O8S4. The third-order valence-electron chi connectivity index (χ3n) is 5.54. The van der Waals surface area contributed by atoms with Gasteiger partial charge in [0.1, 0.15) is 32.7 Å². The van der Waals surface area contributed by atoms with Gasteiger partial charge in [-0.3, -0.25) is 33.4 Å². The topological polar surface area (TPSA) is 146 Å². The summed E-state index contributed by atoms with van der Waals surface area (Å²) >= 11 is 8.38. The number of aliphatic carboxylic acids is 2. The van der Waals surface area contributed by atoms with E-state index in [1.807, 2.05) is 6.07 Å². The number of amides is 1. The number of carboxylic acids is 2. The maximum absolute atomic E-state index is 13.2. The smallest absolute Gasteiger partial charge is 0.323 e. The number of rotatable bonds is 10. The second-order valence-corrected chi connectivity index (χ2v) is 11.9. The van der Waals surface area contributed by atoms with Gasteiger partial charge in [-0.25, -0.2) is 0 Å². The number of aromatic nitrogens is 1. The van der Waals surface area contributed by atoms with Gasteiger partial charge in [0, 0.05) is 17.5 Å². The summed E-state index contributed by atoms with van der Waals surface area (Å²) in [7, 11) is 0. The fraction of sp³-hybridized carbons (Fsp3) is 0.250. The van der Waals surface area contributed by atoms with E-state index in [0.29, 0.717) is 18.8 Å². The molecule has 204 valence electrons. The van der Waals surface area contributed by atoms with E-state index < -0.39 is 36.5 Å². The number of thioether (sulfide) groups is 2. The molecule has 1 saturated heterocycles. The van der Waals surface area contributed by atoms with E-state index in [0.717, 1.165) is 61.0 Å². The molecule has 39 heavy (non-hydrogen) atoms. The first kappa shape index (κ1) is 28.6. The van der Waals surface area contributed by atoms with Crippen LogP contribution in [0.5, 0.6) is 5.75 Å². The van der Waals surface area contributed by atoms with E-state index in [1.165, 1.54) is 11.8 Å². The van der Waals surface area contributed by atoms with Crippen molar-refractivity contribution in [2.75, 3.05) is 18.0 Å². The molecular weight excluding hydrogens is 587 g/mol. The first-order chi connectivity index (χ1) is 18.6. The number of carbonyl (C=O) groups is 4. The summed E-state index contributed by atoms with van der Waals surface area (Å²) in [6.07, 6.45) is 5.15. The Morgan fingerprint density at radius 2 is 1.82 bits per heavy atom. The van der Waals surface area contributed by atoms with Crippen LogP contribution in [0.4, 0.5) is 5.69 Å². The molecule has 1 aromatic heterocycles. The number of hydrogen-bond acceptors (Lipinski definition) is 11. The van der Waals surface area contributed by atoms with Gasteiger partial charge in [-0.1, -0.05) is 49.1 Å². The van der Waals surface area contributed by atoms with E-state index >= 15 is 0 Å². The van der Waals surface area contributed by atoms with Crippen LogP contribution >= 0.6 is 47.1 Å². The van der Waals surface area contributed by atoms with E-state index in [4.69, 9.17) is 22.1 Å². The monoisotopic (exact) mass is 607 g/mol. The van der Waals surface area contributed by atoms with Crippen LogP contribution in [-0.4, -0.2) is 61.4 Å². The number of unbranched alkanes of at least 4 members (excludes halogenated alkanes) is 1. The summed E-state index contributed by atoms with van der Waals surface area (Å²) in [6, 6.07) is 5.29. The molecule has 0 spiro atoms. The molecule has 1 amide bonds. The largest absolute Gasteiger partial charge is 0.480 e. The Kier molecular flexibility index (Phi) is 8.94. The van der Waals surface area contributed by atoms with Crippen molar-refractivity contribution in [1.29, 1.82) is 0 Å². The van der Waals surface area contributed by atoms with Crippen LogP contribution in [0.1, 0.15) is 19.8 Å². The van der Waals surface area contributed by atoms with Gasteiger partial charge < -0.3 is 19.8 Å². The number of benzene rings is 1. The predicted molar refractivity (Wildman–Crippen MR) is 152 cm³/mol. The highest BCUT2D eigenvalue weighted by Gasteiger charge is 2.35. The van der Waals surface area contributed by atoms with Crippen LogP contribution in [-0.2, 0) is 25.7 Å². The number of ether oxygens (including phenoxy) is 1. The zero-order valence-corrected chi connectivity index (χ0v) is 23.6. The lowest BCUT2D eigenvalue weighted by molar-refractivity contribution is -0.140. The second-order valence-electron chi connectivity index (χ2n) is 8.16. The highest BCUT2D eigenvalue weighted by molar-refractivity contribution is 8.30. The van der Waals surface area contributed by atoms with Crippen LogP contribution in [0.3, 0.4) is 0 Å². The normalized spacial score (nSPS) is 17.8. The van der Waals surface area contributed by atoms with Gasteiger partial charge in [0.25, 0.3) is 17.9 Å². The molecule has 1 aromatic carbocycles. The maximum atomic E-state index is 13.2. The number of allylic oxidation sites excluding steroid dienone is 1. The Hall–Kier alpha value is -3.40. The standard InChI is InChI=1S/C24H21N3O8S4/c1-2-3-8-25-14-9-13(35-12-28)4-5-15(14)37-17(25)7-6-16-21(33)26(10-18(29)30)23(38-16)20-22(34)27(11-19(31)32)24(36)39-20/h4-7,9,12H,2-3,8,10-11H2,1H3,(H,29,30)(H,31,32)/b16-6?,17-7?,23-20-. The first-order valence-corrected chi connectivity index (χ1v) is 14.3. The Labute approximate surface area is 239 Å². The molecule has 1 fully saturated rings. The molecule has 11 nitrogen and oxygen atoms in total. The van der Waals surface area contributed by atoms with E-state index in [2.05, 4.69) is 11.8 Å². The third kappa shape index (κ3) is 6.11. The molecule has 0 radical (unpaired) electrons. The summed E-state index contributed by atoms with van der Waals surface area (Å²) in [4.78, 5) is 63.5. The minimum absolute atomic E-state index is 0.00632. The zero-order chi connectivity index (χ0) is 28.3. The Balaban J connectivity index is 1.81. The van der Waals surface area contributed by atoms with Crippen LogP contribution < -0.4 is 24.4 Å². The number of fused-ring (bicyclic) bond motifs is 1. The first-order valence-electron chi connectivity index (χ1n) is 11.5. The molecule has 0 aliphatic carbocycles. The lowest BCUT2D eigenvalue weighted by Gasteiger charge is -2.20. The highest BCUT2D eigenvalue weighted by Crippen LogP contribution is 2.47. The van der Waals surface area contributed by atoms with Crippen molar-refractivity contribution < 1.29 is 34.1 Å². The molecule has 0 saturated carbocycles. The summed E-state index contributed by atoms with van der Waals surface area (Å²) in [5.41, 5.74) is 0.262. The molecule has 3 heterocycles. The molecule has 15 heteroatoms. The quantitative estimate of drug-likeness (QED) is 0.299. The molecule has 4 rings (SSSR count). The lowest BCUT2D eigenvalue weighted by Crippen LogP contribution is -2.36. The fourth-order valence-electron chi connectivity index (χ4n) is 3.81. The molecule has 2 aliphatic heterocycles. The van der Waals surface area contributed by atoms with Gasteiger partial charge in [0.2, 0.25) is 0 Å². The third-order valence-corrected chi connectivity index (χ3v) is 9.38. The molecule has 2 N–H and O–H groups in total. The van der Waals surface area contributed by atoms with Crippen LogP contribution in [0, 0.1) is 0 Å². The van der Waals surface area contributed by atoms with Crippen LogP contribution in [0.15, 0.2) is 39.0 Å². The lowest BCUT2D eigenvalue weighted by atomic mass is 10.2. The summed E-state index contributed by atoms with van der Waals surface area (Å²) in [6.45, 7) is 1.78. The van der Waals surface area contributed by atoms with Crippen molar-refractivity contribution in [1.82, 2.24) is 9.47 Å². The molecule has 0 bridgehead atoms. The summed E-state index contributed by atoms with van der Waals surface area (Å²) < 4.78 is 6.28. The fourth-order valence-corrected chi connectivity index (χ4v) is 7.33. The summed E-state index contributed by atoms with van der Waals surface area (Å²) in [5.74, 6) is -2.82. The Morgan fingerprint density at radius 3 is 2.49 bits per heavy atom. The molecule has 0 unspecified atom stereocenters. The number of carbonyl (C=O) groups excluding carboxylic acids is 2. The van der Waals surface area contributed by atoms with Crippen molar-refractivity contribution in [2.45, 2.75) is 31.2 Å². The van der Waals surface area contributed by atoms with Crippen molar-refractivity contribution in [2.24, 2.45) is 0 Å². The SMILES string of the molecule is CCCCN1C(=CC=c2s/c(=C3\SC(=S)N(CC(=O)O)C3=O)n(CC(=O)O)c2=O)Sc2ccc(OC=O)cc21.